The number of hydrogen-bond acceptors (Lipinski definition) is 5. The Morgan fingerprint density at radius 1 is 0.865 bits per heavy atom. The van der Waals surface area contributed by atoms with Gasteiger partial charge in [-0.2, -0.15) is 0 Å². The van der Waals surface area contributed by atoms with Gasteiger partial charge in [-0.1, -0.05) is 42.0 Å². The lowest BCUT2D eigenvalue weighted by Crippen LogP contribution is -2.28. The number of sulfonamides is 2. The van der Waals surface area contributed by atoms with E-state index in [-0.39, 0.29) is 28.7 Å². The molecule has 0 bridgehead atoms. The summed E-state index contributed by atoms with van der Waals surface area (Å²) in [6, 6.07) is 23.6. The van der Waals surface area contributed by atoms with E-state index in [1.165, 1.54) is 28.6 Å². The Bertz CT molecular complexity index is 1690. The van der Waals surface area contributed by atoms with Crippen molar-refractivity contribution in [2.75, 3.05) is 20.9 Å². The summed E-state index contributed by atoms with van der Waals surface area (Å²) in [5.41, 5.74) is 2.56. The van der Waals surface area contributed by atoms with Gasteiger partial charge in [0.25, 0.3) is 20.0 Å². The first-order chi connectivity index (χ1) is 17.6. The van der Waals surface area contributed by atoms with Crippen LogP contribution in [-0.2, 0) is 24.8 Å². The topological polar surface area (TPSA) is 113 Å². The van der Waals surface area contributed by atoms with Gasteiger partial charge in [-0.05, 0) is 67.3 Å². The quantitative estimate of drug-likeness (QED) is 0.334. The Labute approximate surface area is 216 Å². The van der Waals surface area contributed by atoms with Crippen LogP contribution in [0, 0.1) is 6.92 Å². The summed E-state index contributed by atoms with van der Waals surface area (Å²) in [6.45, 7) is 2.09. The third-order valence-corrected chi connectivity index (χ3v) is 9.45. The SMILES string of the molecule is Cc1ccc(NS(=O)(=O)c2ccc(NC(=O)CCCN3c4cccc5cccc(c45)S3(=O)=O)cc2)cc1. The number of benzene rings is 4. The molecule has 5 rings (SSSR count). The van der Waals surface area contributed by atoms with Gasteiger partial charge in [0.2, 0.25) is 5.91 Å². The smallest absolute Gasteiger partial charge is 0.265 e. The zero-order valence-corrected chi connectivity index (χ0v) is 21.6. The molecule has 190 valence electrons. The second-order valence-electron chi connectivity index (χ2n) is 8.86. The Morgan fingerprint density at radius 2 is 1.51 bits per heavy atom. The van der Waals surface area contributed by atoms with Crippen molar-refractivity contribution in [3.8, 4) is 0 Å². The number of rotatable bonds is 8. The van der Waals surface area contributed by atoms with Crippen LogP contribution in [0.15, 0.2) is 94.7 Å². The summed E-state index contributed by atoms with van der Waals surface area (Å²) in [4.78, 5) is 12.9. The van der Waals surface area contributed by atoms with Gasteiger partial charge in [0.1, 0.15) is 0 Å². The van der Waals surface area contributed by atoms with Crippen molar-refractivity contribution < 1.29 is 21.6 Å². The van der Waals surface area contributed by atoms with Crippen LogP contribution < -0.4 is 14.3 Å². The van der Waals surface area contributed by atoms with Crippen LogP contribution in [0.25, 0.3) is 10.8 Å². The Morgan fingerprint density at radius 3 is 2.22 bits per heavy atom. The first-order valence-electron chi connectivity index (χ1n) is 11.7. The number of hydrogen-bond donors (Lipinski definition) is 2. The molecule has 1 aliphatic rings. The molecule has 2 N–H and O–H groups in total. The number of nitrogens with zero attached hydrogens (tertiary/aromatic N) is 1. The Balaban J connectivity index is 1.19. The van der Waals surface area contributed by atoms with Gasteiger partial charge in [-0.3, -0.25) is 13.8 Å². The summed E-state index contributed by atoms with van der Waals surface area (Å²) < 4.78 is 55.3. The summed E-state index contributed by atoms with van der Waals surface area (Å²) in [6.07, 6.45) is 0.426. The zero-order chi connectivity index (χ0) is 26.2. The summed E-state index contributed by atoms with van der Waals surface area (Å²) in [5.74, 6) is -0.291. The van der Waals surface area contributed by atoms with Crippen LogP contribution in [-0.4, -0.2) is 29.3 Å². The van der Waals surface area contributed by atoms with Crippen LogP contribution in [0.4, 0.5) is 17.1 Å². The van der Waals surface area contributed by atoms with Crippen molar-refractivity contribution >= 4 is 53.8 Å². The molecule has 1 aliphatic heterocycles. The van der Waals surface area contributed by atoms with Crippen LogP contribution >= 0.6 is 0 Å². The largest absolute Gasteiger partial charge is 0.326 e. The molecule has 0 saturated carbocycles. The van der Waals surface area contributed by atoms with Crippen molar-refractivity contribution in [2.24, 2.45) is 0 Å². The molecule has 0 saturated heterocycles. The minimum atomic E-state index is -3.77. The molecule has 0 spiro atoms. The highest BCUT2D eigenvalue weighted by Gasteiger charge is 2.35. The summed E-state index contributed by atoms with van der Waals surface area (Å²) in [5, 5.41) is 4.31. The third kappa shape index (κ3) is 4.90. The number of aryl methyl sites for hydroxylation is 1. The van der Waals surface area contributed by atoms with Gasteiger partial charge < -0.3 is 5.32 Å². The first kappa shape index (κ1) is 24.8. The highest BCUT2D eigenvalue weighted by molar-refractivity contribution is 7.93. The van der Waals surface area contributed by atoms with Gasteiger partial charge in [-0.15, -0.1) is 0 Å². The fraction of sp³-hybridized carbons (Fsp3) is 0.148. The van der Waals surface area contributed by atoms with Gasteiger partial charge in [0.15, 0.2) is 0 Å². The molecule has 0 atom stereocenters. The molecule has 4 aromatic rings. The maximum atomic E-state index is 13.0. The number of carbonyl (C=O) groups is 1. The minimum Gasteiger partial charge on any atom is -0.326 e. The normalized spacial score (nSPS) is 14.0. The van der Waals surface area contributed by atoms with E-state index in [9.17, 15) is 21.6 Å². The van der Waals surface area contributed by atoms with Crippen molar-refractivity contribution in [1.82, 2.24) is 0 Å². The number of anilines is 3. The number of nitrogens with one attached hydrogen (secondary N) is 2. The van der Waals surface area contributed by atoms with Crippen molar-refractivity contribution in [2.45, 2.75) is 29.6 Å². The molecular formula is C27H25N3O5S2. The second-order valence-corrected chi connectivity index (χ2v) is 12.4. The third-order valence-electron chi connectivity index (χ3n) is 6.20. The highest BCUT2D eigenvalue weighted by Crippen LogP contribution is 2.42. The lowest BCUT2D eigenvalue weighted by Gasteiger charge is -2.18. The lowest BCUT2D eigenvalue weighted by atomic mass is 10.1. The fourth-order valence-electron chi connectivity index (χ4n) is 4.36. The number of carbonyl (C=O) groups excluding carboxylic acids is 1. The van der Waals surface area contributed by atoms with Gasteiger partial charge in [0.05, 0.1) is 15.5 Å². The zero-order valence-electron chi connectivity index (χ0n) is 20.0. The molecule has 0 aliphatic carbocycles. The fourth-order valence-corrected chi connectivity index (χ4v) is 7.17. The van der Waals surface area contributed by atoms with Gasteiger partial charge in [0, 0.05) is 29.7 Å². The van der Waals surface area contributed by atoms with E-state index in [2.05, 4.69) is 10.0 Å². The molecule has 4 aromatic carbocycles. The second kappa shape index (κ2) is 9.53. The van der Waals surface area contributed by atoms with E-state index in [1.54, 1.807) is 30.3 Å². The van der Waals surface area contributed by atoms with Gasteiger partial charge >= 0.3 is 0 Å². The molecule has 0 radical (unpaired) electrons. The molecule has 0 aromatic heterocycles. The van der Waals surface area contributed by atoms with Crippen molar-refractivity contribution in [3.05, 3.63) is 90.5 Å². The molecule has 0 unspecified atom stereocenters. The van der Waals surface area contributed by atoms with Crippen LogP contribution in [0.5, 0.6) is 0 Å². The predicted molar refractivity (Wildman–Crippen MR) is 145 cm³/mol. The molecule has 1 heterocycles. The van der Waals surface area contributed by atoms with Gasteiger partial charge in [-0.25, -0.2) is 16.8 Å². The van der Waals surface area contributed by atoms with E-state index in [1.807, 2.05) is 37.3 Å². The number of amides is 1. The molecule has 8 nitrogen and oxygen atoms in total. The maximum absolute atomic E-state index is 13.0. The van der Waals surface area contributed by atoms with E-state index in [0.29, 0.717) is 28.9 Å². The molecular weight excluding hydrogens is 510 g/mol. The molecule has 37 heavy (non-hydrogen) atoms. The summed E-state index contributed by atoms with van der Waals surface area (Å²) in [7, 11) is -7.43. The van der Waals surface area contributed by atoms with Crippen LogP contribution in [0.3, 0.4) is 0 Å². The highest BCUT2D eigenvalue weighted by atomic mass is 32.2. The van der Waals surface area contributed by atoms with E-state index < -0.39 is 20.0 Å². The average Bonchev–Trinajstić information content (AvgIpc) is 3.09. The lowest BCUT2D eigenvalue weighted by molar-refractivity contribution is -0.116. The average molecular weight is 536 g/mol. The van der Waals surface area contributed by atoms with E-state index in [0.717, 1.165) is 10.9 Å². The Hall–Kier alpha value is -3.89. The monoisotopic (exact) mass is 535 g/mol. The van der Waals surface area contributed by atoms with Crippen LogP contribution in [0.1, 0.15) is 18.4 Å². The molecule has 1 amide bonds. The first-order valence-corrected chi connectivity index (χ1v) is 14.6. The van der Waals surface area contributed by atoms with E-state index >= 15 is 0 Å². The predicted octanol–water partition coefficient (Wildman–Crippen LogP) is 4.88. The summed E-state index contributed by atoms with van der Waals surface area (Å²) >= 11 is 0. The Kier molecular flexibility index (Phi) is 6.38. The molecule has 10 heteroatoms. The minimum absolute atomic E-state index is 0.0686. The van der Waals surface area contributed by atoms with Crippen LogP contribution in [0.2, 0.25) is 0 Å². The van der Waals surface area contributed by atoms with E-state index in [4.69, 9.17) is 0 Å². The molecule has 0 fully saturated rings. The maximum Gasteiger partial charge on any atom is 0.265 e. The van der Waals surface area contributed by atoms with Crippen molar-refractivity contribution in [3.63, 3.8) is 0 Å². The standard InChI is InChI=1S/C27H25N3O5S2/c1-19-10-12-22(13-11-19)29-36(32,33)23-16-14-21(15-17-23)28-26(31)9-4-18-30-24-7-2-5-20-6-3-8-25(27(20)24)37(30,34)35/h2-3,5-8,10-17,29H,4,9,18H2,1H3,(H,28,31). The van der Waals surface area contributed by atoms with Crippen molar-refractivity contribution in [1.29, 1.82) is 0 Å².